The number of hydrogen-bond acceptors (Lipinski definition) is 3. The summed E-state index contributed by atoms with van der Waals surface area (Å²) in [7, 11) is -3.50. The van der Waals surface area contributed by atoms with E-state index in [2.05, 4.69) is 20.7 Å². The lowest BCUT2D eigenvalue weighted by Gasteiger charge is -2.30. The highest BCUT2D eigenvalue weighted by Gasteiger charge is 2.27. The molecule has 0 aromatic heterocycles. The van der Waals surface area contributed by atoms with Crippen molar-refractivity contribution in [2.45, 2.75) is 12.8 Å². The van der Waals surface area contributed by atoms with E-state index in [1.807, 2.05) is 6.07 Å². The third-order valence-electron chi connectivity index (χ3n) is 3.24. The standard InChI is InChI=1S/C12H17BrN2O3S/c13-11-2-1-3-12(8-11)14-19(17,18)15-6-4-10(9-16)5-7-15/h1-3,8,10,14,16H,4-7,9H2. The largest absolute Gasteiger partial charge is 0.396 e. The highest BCUT2D eigenvalue weighted by Crippen LogP contribution is 2.22. The highest BCUT2D eigenvalue weighted by molar-refractivity contribution is 9.10. The van der Waals surface area contributed by atoms with E-state index in [4.69, 9.17) is 5.11 Å². The Morgan fingerprint density at radius 2 is 2.05 bits per heavy atom. The lowest BCUT2D eigenvalue weighted by molar-refractivity contribution is 0.170. The van der Waals surface area contributed by atoms with Gasteiger partial charge in [0.25, 0.3) is 0 Å². The first-order valence-electron chi connectivity index (χ1n) is 6.15. The summed E-state index contributed by atoms with van der Waals surface area (Å²) < 4.78 is 29.2. The van der Waals surface area contributed by atoms with E-state index in [0.717, 1.165) is 4.47 Å². The first-order chi connectivity index (χ1) is 9.01. The Morgan fingerprint density at radius 3 is 2.63 bits per heavy atom. The number of benzene rings is 1. The minimum atomic E-state index is -3.50. The van der Waals surface area contributed by atoms with Crippen LogP contribution < -0.4 is 4.72 Å². The Bertz CT molecular complexity index is 528. The first kappa shape index (κ1) is 14.8. The summed E-state index contributed by atoms with van der Waals surface area (Å²) in [5.74, 6) is 0.220. The fraction of sp³-hybridized carbons (Fsp3) is 0.500. The summed E-state index contributed by atoms with van der Waals surface area (Å²) in [4.78, 5) is 0. The van der Waals surface area contributed by atoms with Crippen LogP contribution in [0.3, 0.4) is 0 Å². The normalized spacial score (nSPS) is 18.4. The molecule has 106 valence electrons. The Labute approximate surface area is 121 Å². The highest BCUT2D eigenvalue weighted by atomic mass is 79.9. The van der Waals surface area contributed by atoms with Crippen molar-refractivity contribution >= 4 is 31.8 Å². The molecule has 1 aromatic carbocycles. The van der Waals surface area contributed by atoms with Crippen molar-refractivity contribution in [3.05, 3.63) is 28.7 Å². The molecule has 0 radical (unpaired) electrons. The van der Waals surface area contributed by atoms with E-state index in [0.29, 0.717) is 31.6 Å². The molecule has 1 heterocycles. The summed E-state index contributed by atoms with van der Waals surface area (Å²) in [6.45, 7) is 1.04. The van der Waals surface area contributed by atoms with Crippen LogP contribution >= 0.6 is 15.9 Å². The van der Waals surface area contributed by atoms with Crippen molar-refractivity contribution in [1.82, 2.24) is 4.31 Å². The smallest absolute Gasteiger partial charge is 0.301 e. The summed E-state index contributed by atoms with van der Waals surface area (Å²) in [6.07, 6.45) is 1.41. The zero-order valence-corrected chi connectivity index (χ0v) is 12.8. The van der Waals surface area contributed by atoms with Gasteiger partial charge in [-0.1, -0.05) is 22.0 Å². The molecule has 1 fully saturated rings. The predicted molar refractivity (Wildman–Crippen MR) is 78.1 cm³/mol. The number of hydrogen-bond donors (Lipinski definition) is 2. The van der Waals surface area contributed by atoms with Crippen molar-refractivity contribution in [3.63, 3.8) is 0 Å². The van der Waals surface area contributed by atoms with Gasteiger partial charge in [0.1, 0.15) is 0 Å². The maximum absolute atomic E-state index is 12.2. The molecule has 1 aliphatic rings. The molecular formula is C12H17BrN2O3S. The third kappa shape index (κ3) is 3.92. The molecule has 0 bridgehead atoms. The van der Waals surface area contributed by atoms with Gasteiger partial charge in [-0.05, 0) is 37.0 Å². The van der Waals surface area contributed by atoms with Gasteiger partial charge in [-0.15, -0.1) is 0 Å². The SMILES string of the molecule is O=S(=O)(Nc1cccc(Br)c1)N1CCC(CO)CC1. The van der Waals surface area contributed by atoms with Gasteiger partial charge in [0.15, 0.2) is 0 Å². The van der Waals surface area contributed by atoms with Crippen LogP contribution in [0.25, 0.3) is 0 Å². The fourth-order valence-corrected chi connectivity index (χ4v) is 3.74. The maximum Gasteiger partial charge on any atom is 0.301 e. The number of rotatable bonds is 4. The van der Waals surface area contributed by atoms with E-state index in [1.54, 1.807) is 18.2 Å². The molecule has 0 atom stereocenters. The molecule has 19 heavy (non-hydrogen) atoms. The van der Waals surface area contributed by atoms with E-state index in [9.17, 15) is 8.42 Å². The second-order valence-electron chi connectivity index (χ2n) is 4.64. The molecule has 0 saturated carbocycles. The molecule has 1 saturated heterocycles. The zero-order valence-electron chi connectivity index (χ0n) is 10.4. The first-order valence-corrected chi connectivity index (χ1v) is 8.39. The van der Waals surface area contributed by atoms with Gasteiger partial charge in [-0.3, -0.25) is 4.72 Å². The molecule has 2 rings (SSSR count). The molecule has 5 nitrogen and oxygen atoms in total. The van der Waals surface area contributed by atoms with Crippen LogP contribution in [0.15, 0.2) is 28.7 Å². The van der Waals surface area contributed by atoms with Crippen molar-refractivity contribution < 1.29 is 13.5 Å². The topological polar surface area (TPSA) is 69.6 Å². The molecule has 0 unspecified atom stereocenters. The van der Waals surface area contributed by atoms with Crippen molar-refractivity contribution in [3.8, 4) is 0 Å². The number of halogens is 1. The van der Waals surface area contributed by atoms with Crippen molar-refractivity contribution in [2.75, 3.05) is 24.4 Å². The van der Waals surface area contributed by atoms with E-state index < -0.39 is 10.2 Å². The van der Waals surface area contributed by atoms with Gasteiger partial charge < -0.3 is 5.11 Å². The summed E-state index contributed by atoms with van der Waals surface area (Å²) in [5.41, 5.74) is 0.540. The number of nitrogens with zero attached hydrogens (tertiary/aromatic N) is 1. The third-order valence-corrected chi connectivity index (χ3v) is 5.27. The van der Waals surface area contributed by atoms with Gasteiger partial charge in [0.2, 0.25) is 0 Å². The fourth-order valence-electron chi connectivity index (χ4n) is 2.10. The summed E-state index contributed by atoms with van der Waals surface area (Å²) in [6, 6.07) is 7.05. The monoisotopic (exact) mass is 348 g/mol. The number of piperidine rings is 1. The Hall–Kier alpha value is -0.630. The van der Waals surface area contributed by atoms with Gasteiger partial charge >= 0.3 is 10.2 Å². The molecule has 2 N–H and O–H groups in total. The van der Waals surface area contributed by atoms with Gasteiger partial charge in [-0.25, -0.2) is 0 Å². The van der Waals surface area contributed by atoms with Crippen LogP contribution in [-0.4, -0.2) is 37.5 Å². The minimum Gasteiger partial charge on any atom is -0.396 e. The predicted octanol–water partition coefficient (Wildman–Crippen LogP) is 1.81. The molecule has 7 heteroatoms. The van der Waals surface area contributed by atoms with Crippen LogP contribution in [-0.2, 0) is 10.2 Å². The summed E-state index contributed by atoms with van der Waals surface area (Å²) >= 11 is 3.31. The average molecular weight is 349 g/mol. The molecule has 1 aromatic rings. The van der Waals surface area contributed by atoms with Crippen molar-refractivity contribution in [1.29, 1.82) is 0 Å². The number of aliphatic hydroxyl groups excluding tert-OH is 1. The molecule has 0 amide bonds. The summed E-state index contributed by atoms with van der Waals surface area (Å²) in [5, 5.41) is 9.06. The van der Waals surface area contributed by atoms with Crippen LogP contribution in [0.5, 0.6) is 0 Å². The van der Waals surface area contributed by atoms with Crippen LogP contribution in [0.2, 0.25) is 0 Å². The minimum absolute atomic E-state index is 0.132. The number of nitrogens with one attached hydrogen (secondary N) is 1. The molecule has 0 aliphatic carbocycles. The van der Waals surface area contributed by atoms with Crippen molar-refractivity contribution in [2.24, 2.45) is 5.92 Å². The van der Waals surface area contributed by atoms with E-state index >= 15 is 0 Å². The second-order valence-corrected chi connectivity index (χ2v) is 7.23. The van der Waals surface area contributed by atoms with Crippen LogP contribution in [0.4, 0.5) is 5.69 Å². The van der Waals surface area contributed by atoms with E-state index in [-0.39, 0.29) is 12.5 Å². The lowest BCUT2D eigenvalue weighted by atomic mass is 10.00. The quantitative estimate of drug-likeness (QED) is 0.871. The number of anilines is 1. The Morgan fingerprint density at radius 1 is 1.37 bits per heavy atom. The second kappa shape index (κ2) is 6.21. The average Bonchev–Trinajstić information content (AvgIpc) is 2.38. The number of aliphatic hydroxyl groups is 1. The van der Waals surface area contributed by atoms with Gasteiger partial charge in [-0.2, -0.15) is 12.7 Å². The van der Waals surface area contributed by atoms with Crippen LogP contribution in [0.1, 0.15) is 12.8 Å². The molecule has 1 aliphatic heterocycles. The van der Waals surface area contributed by atoms with Gasteiger partial charge in [0.05, 0.1) is 5.69 Å². The Balaban J connectivity index is 2.03. The van der Waals surface area contributed by atoms with E-state index in [1.165, 1.54) is 4.31 Å². The van der Waals surface area contributed by atoms with Crippen LogP contribution in [0, 0.1) is 5.92 Å². The maximum atomic E-state index is 12.2. The zero-order chi connectivity index (χ0) is 13.9. The molecular weight excluding hydrogens is 332 g/mol. The molecule has 0 spiro atoms. The lowest BCUT2D eigenvalue weighted by Crippen LogP contribution is -2.42. The Kier molecular flexibility index (Phi) is 4.83. The van der Waals surface area contributed by atoms with Gasteiger partial charge in [0, 0.05) is 24.2 Å².